The van der Waals surface area contributed by atoms with Crippen molar-refractivity contribution in [2.75, 3.05) is 50.8 Å². The SMILES string of the molecule is C#CCOCC(O)CN1CCN(c2ccc(F)cc2)CC1. The van der Waals surface area contributed by atoms with Crippen molar-refractivity contribution in [3.8, 4) is 12.3 Å². The van der Waals surface area contributed by atoms with Gasteiger partial charge in [0.25, 0.3) is 0 Å². The van der Waals surface area contributed by atoms with Crippen LogP contribution in [0.1, 0.15) is 0 Å². The summed E-state index contributed by atoms with van der Waals surface area (Å²) in [6.45, 7) is 4.54. The fourth-order valence-electron chi connectivity index (χ4n) is 2.45. The molecule has 1 aromatic carbocycles. The van der Waals surface area contributed by atoms with Crippen molar-refractivity contribution >= 4 is 5.69 Å². The number of halogens is 1. The first kappa shape index (κ1) is 15.8. The molecule has 1 saturated heterocycles. The summed E-state index contributed by atoms with van der Waals surface area (Å²) in [6, 6.07) is 6.56. The van der Waals surface area contributed by atoms with Gasteiger partial charge in [0.1, 0.15) is 12.4 Å². The largest absolute Gasteiger partial charge is 0.389 e. The minimum atomic E-state index is -0.518. The highest BCUT2D eigenvalue weighted by molar-refractivity contribution is 5.46. The Morgan fingerprint density at radius 1 is 1.24 bits per heavy atom. The van der Waals surface area contributed by atoms with Crippen LogP contribution >= 0.6 is 0 Å². The molecule has 0 saturated carbocycles. The standard InChI is InChI=1S/C16H21FN2O2/c1-2-11-21-13-16(20)12-18-7-9-19(10-8-18)15-5-3-14(17)4-6-15/h1,3-6,16,20H,7-13H2. The Morgan fingerprint density at radius 3 is 2.52 bits per heavy atom. The molecule has 0 amide bonds. The molecule has 1 unspecified atom stereocenters. The van der Waals surface area contributed by atoms with Crippen LogP contribution in [0, 0.1) is 18.2 Å². The van der Waals surface area contributed by atoms with Gasteiger partial charge in [0.05, 0.1) is 12.7 Å². The molecule has 1 heterocycles. The quantitative estimate of drug-likeness (QED) is 0.626. The predicted octanol–water partition coefficient (Wildman–Crippen LogP) is 0.958. The Morgan fingerprint density at radius 2 is 1.90 bits per heavy atom. The molecule has 1 N–H and O–H groups in total. The van der Waals surface area contributed by atoms with Gasteiger partial charge in [-0.2, -0.15) is 0 Å². The second-order valence-corrected chi connectivity index (χ2v) is 5.14. The van der Waals surface area contributed by atoms with E-state index in [-0.39, 0.29) is 19.0 Å². The summed E-state index contributed by atoms with van der Waals surface area (Å²) in [7, 11) is 0. The number of rotatable bonds is 6. The van der Waals surface area contributed by atoms with Gasteiger partial charge in [-0.1, -0.05) is 5.92 Å². The molecule has 0 spiro atoms. The lowest BCUT2D eigenvalue weighted by Gasteiger charge is -2.36. The lowest BCUT2D eigenvalue weighted by molar-refractivity contribution is 0.0267. The molecule has 4 nitrogen and oxygen atoms in total. The van der Waals surface area contributed by atoms with Crippen LogP contribution < -0.4 is 4.90 Å². The van der Waals surface area contributed by atoms with E-state index in [2.05, 4.69) is 15.7 Å². The summed E-state index contributed by atoms with van der Waals surface area (Å²) in [6.07, 6.45) is 4.56. The van der Waals surface area contributed by atoms with Crippen LogP contribution in [0.5, 0.6) is 0 Å². The molecule has 1 atom stereocenters. The first-order valence-corrected chi connectivity index (χ1v) is 7.11. The lowest BCUT2D eigenvalue weighted by atomic mass is 10.2. The topological polar surface area (TPSA) is 35.9 Å². The maximum Gasteiger partial charge on any atom is 0.123 e. The van der Waals surface area contributed by atoms with E-state index in [1.807, 2.05) is 0 Å². The molecule has 1 aliphatic rings. The average molecular weight is 292 g/mol. The van der Waals surface area contributed by atoms with E-state index in [0.717, 1.165) is 31.9 Å². The minimum absolute atomic E-state index is 0.215. The van der Waals surface area contributed by atoms with E-state index in [1.54, 1.807) is 12.1 Å². The van der Waals surface area contributed by atoms with Gasteiger partial charge in [-0.15, -0.1) is 6.42 Å². The zero-order chi connectivity index (χ0) is 15.1. The molecular weight excluding hydrogens is 271 g/mol. The van der Waals surface area contributed by atoms with Crippen molar-refractivity contribution in [2.45, 2.75) is 6.10 Å². The van der Waals surface area contributed by atoms with E-state index in [1.165, 1.54) is 12.1 Å². The third-order valence-corrected chi connectivity index (χ3v) is 3.53. The third kappa shape index (κ3) is 5.01. The molecule has 21 heavy (non-hydrogen) atoms. The third-order valence-electron chi connectivity index (χ3n) is 3.53. The zero-order valence-electron chi connectivity index (χ0n) is 12.0. The molecule has 1 fully saturated rings. The second-order valence-electron chi connectivity index (χ2n) is 5.14. The number of piperazine rings is 1. The van der Waals surface area contributed by atoms with Crippen molar-refractivity contribution in [1.29, 1.82) is 0 Å². The first-order chi connectivity index (χ1) is 10.2. The molecule has 114 valence electrons. The molecule has 0 radical (unpaired) electrons. The highest BCUT2D eigenvalue weighted by Gasteiger charge is 2.19. The Bertz CT molecular complexity index is 464. The Labute approximate surface area is 125 Å². The van der Waals surface area contributed by atoms with Crippen LogP contribution in [0.25, 0.3) is 0 Å². The number of nitrogens with zero attached hydrogens (tertiary/aromatic N) is 2. The van der Waals surface area contributed by atoms with E-state index < -0.39 is 6.10 Å². The number of ether oxygens (including phenoxy) is 1. The summed E-state index contributed by atoms with van der Waals surface area (Å²) < 4.78 is 18.0. The number of aliphatic hydroxyl groups excluding tert-OH is 1. The van der Waals surface area contributed by atoms with E-state index in [9.17, 15) is 9.50 Å². The molecule has 5 heteroatoms. The van der Waals surface area contributed by atoms with E-state index in [4.69, 9.17) is 11.2 Å². The van der Waals surface area contributed by atoms with Crippen LogP contribution in [0.2, 0.25) is 0 Å². The van der Waals surface area contributed by atoms with Gasteiger partial charge in [-0.25, -0.2) is 4.39 Å². The molecule has 0 aromatic heterocycles. The Hall–Kier alpha value is -1.61. The van der Waals surface area contributed by atoms with Crippen molar-refractivity contribution in [2.24, 2.45) is 0 Å². The van der Waals surface area contributed by atoms with Crippen LogP contribution in [0.4, 0.5) is 10.1 Å². The van der Waals surface area contributed by atoms with Gasteiger partial charge in [-0.05, 0) is 24.3 Å². The van der Waals surface area contributed by atoms with Crippen LogP contribution in [-0.4, -0.2) is 62.0 Å². The normalized spacial score (nSPS) is 17.5. The Kier molecular flexibility index (Phi) is 6.00. The van der Waals surface area contributed by atoms with Gasteiger partial charge < -0.3 is 14.7 Å². The summed E-state index contributed by atoms with van der Waals surface area (Å²) in [4.78, 5) is 4.42. The molecule has 1 aromatic rings. The number of benzene rings is 1. The van der Waals surface area contributed by atoms with E-state index in [0.29, 0.717) is 6.54 Å². The fourth-order valence-corrected chi connectivity index (χ4v) is 2.45. The number of terminal acetylenes is 1. The lowest BCUT2D eigenvalue weighted by Crippen LogP contribution is -2.49. The van der Waals surface area contributed by atoms with Crippen molar-refractivity contribution in [3.05, 3.63) is 30.1 Å². The smallest absolute Gasteiger partial charge is 0.123 e. The van der Waals surface area contributed by atoms with Gasteiger partial charge in [0, 0.05) is 38.4 Å². The van der Waals surface area contributed by atoms with Crippen LogP contribution in [0.3, 0.4) is 0 Å². The summed E-state index contributed by atoms with van der Waals surface area (Å²) in [5.41, 5.74) is 1.04. The number of anilines is 1. The van der Waals surface area contributed by atoms with Gasteiger partial charge >= 0.3 is 0 Å². The maximum absolute atomic E-state index is 12.9. The predicted molar refractivity (Wildman–Crippen MR) is 80.7 cm³/mol. The highest BCUT2D eigenvalue weighted by Crippen LogP contribution is 2.16. The number of hydrogen-bond donors (Lipinski definition) is 1. The van der Waals surface area contributed by atoms with Crippen LogP contribution in [-0.2, 0) is 4.74 Å². The molecular formula is C16H21FN2O2. The monoisotopic (exact) mass is 292 g/mol. The average Bonchev–Trinajstić information content (AvgIpc) is 2.49. The number of hydrogen-bond acceptors (Lipinski definition) is 4. The summed E-state index contributed by atoms with van der Waals surface area (Å²) in [5, 5.41) is 9.85. The molecule has 2 rings (SSSR count). The Balaban J connectivity index is 1.73. The molecule has 1 aliphatic heterocycles. The second kappa shape index (κ2) is 7.99. The molecule has 0 bridgehead atoms. The first-order valence-electron chi connectivity index (χ1n) is 7.11. The number of β-amino-alcohol motifs (C(OH)–C–C–N with tert-alkyl or cyclic N) is 1. The maximum atomic E-state index is 12.9. The van der Waals surface area contributed by atoms with Gasteiger partial charge in [-0.3, -0.25) is 4.90 Å². The molecule has 0 aliphatic carbocycles. The van der Waals surface area contributed by atoms with Gasteiger partial charge in [0.2, 0.25) is 0 Å². The number of aliphatic hydroxyl groups is 1. The van der Waals surface area contributed by atoms with Gasteiger partial charge in [0.15, 0.2) is 0 Å². The van der Waals surface area contributed by atoms with Crippen molar-refractivity contribution in [3.63, 3.8) is 0 Å². The fraction of sp³-hybridized carbons (Fsp3) is 0.500. The summed E-state index contributed by atoms with van der Waals surface area (Å²) in [5.74, 6) is 2.16. The highest BCUT2D eigenvalue weighted by atomic mass is 19.1. The summed E-state index contributed by atoms with van der Waals surface area (Å²) >= 11 is 0. The van der Waals surface area contributed by atoms with Crippen LogP contribution in [0.15, 0.2) is 24.3 Å². The van der Waals surface area contributed by atoms with Crippen molar-refractivity contribution in [1.82, 2.24) is 4.90 Å². The van der Waals surface area contributed by atoms with Crippen molar-refractivity contribution < 1.29 is 14.2 Å². The minimum Gasteiger partial charge on any atom is -0.389 e. The zero-order valence-corrected chi connectivity index (χ0v) is 12.0. The van der Waals surface area contributed by atoms with E-state index >= 15 is 0 Å².